The minimum Gasteiger partial charge on any atom is -0.395 e. The predicted octanol–water partition coefficient (Wildman–Crippen LogP) is 2.99. The summed E-state index contributed by atoms with van der Waals surface area (Å²) in [7, 11) is 0. The van der Waals surface area contributed by atoms with Crippen LogP contribution in [0.25, 0.3) is 0 Å². The van der Waals surface area contributed by atoms with Crippen LogP contribution in [-0.4, -0.2) is 35.1 Å². The van der Waals surface area contributed by atoms with Crippen LogP contribution < -0.4 is 0 Å². The molecule has 0 aromatic heterocycles. The van der Waals surface area contributed by atoms with Gasteiger partial charge in [0.2, 0.25) is 0 Å². The molecule has 1 amide bonds. The Balaban J connectivity index is 3.07. The van der Waals surface area contributed by atoms with Crippen LogP contribution in [0.15, 0.2) is 18.2 Å². The Morgan fingerprint density at radius 3 is 2.62 bits per heavy atom. The van der Waals surface area contributed by atoms with Gasteiger partial charge in [-0.15, -0.1) is 0 Å². The summed E-state index contributed by atoms with van der Waals surface area (Å²) in [4.78, 5) is 14.5. The summed E-state index contributed by atoms with van der Waals surface area (Å²) in [6, 6.07) is 5.93. The molecule has 1 aromatic carbocycles. The highest BCUT2D eigenvalue weighted by Crippen LogP contribution is 2.14. The SMILES string of the molecule is CCC(C)N(CC)C(=O)c1cc(C)cc(C#CCCO)c1. The molecule has 0 aliphatic heterocycles. The van der Waals surface area contributed by atoms with Gasteiger partial charge in [-0.1, -0.05) is 18.8 Å². The summed E-state index contributed by atoms with van der Waals surface area (Å²) in [6.07, 6.45) is 1.39. The van der Waals surface area contributed by atoms with Crippen molar-refractivity contribution in [1.82, 2.24) is 4.90 Å². The Kier molecular flexibility index (Phi) is 6.98. The minimum absolute atomic E-state index is 0.0563. The van der Waals surface area contributed by atoms with Gasteiger partial charge in [0.15, 0.2) is 0 Å². The van der Waals surface area contributed by atoms with Gasteiger partial charge in [-0.25, -0.2) is 0 Å². The lowest BCUT2D eigenvalue weighted by Crippen LogP contribution is -2.38. The predicted molar refractivity (Wildman–Crippen MR) is 86.2 cm³/mol. The summed E-state index contributed by atoms with van der Waals surface area (Å²) in [6.45, 7) is 8.88. The third kappa shape index (κ3) is 4.91. The zero-order chi connectivity index (χ0) is 15.8. The van der Waals surface area contributed by atoms with Gasteiger partial charge in [0.1, 0.15) is 0 Å². The van der Waals surface area contributed by atoms with Crippen molar-refractivity contribution in [2.45, 2.75) is 46.6 Å². The molecule has 0 heterocycles. The number of hydrogen-bond donors (Lipinski definition) is 1. The molecule has 21 heavy (non-hydrogen) atoms. The number of aryl methyl sites for hydroxylation is 1. The van der Waals surface area contributed by atoms with Crippen molar-refractivity contribution in [3.8, 4) is 11.8 Å². The second-order valence-corrected chi connectivity index (χ2v) is 5.21. The molecule has 1 N–H and O–H groups in total. The minimum atomic E-state index is 0.0563. The first-order valence-electron chi connectivity index (χ1n) is 7.55. The molecule has 3 heteroatoms. The standard InChI is InChI=1S/C18H25NO2/c1-5-15(4)19(6-2)18(21)17-12-14(3)11-16(13-17)9-7-8-10-20/h11-13,15,20H,5-6,8,10H2,1-4H3. The van der Waals surface area contributed by atoms with Crippen molar-refractivity contribution in [3.05, 3.63) is 34.9 Å². The number of aliphatic hydroxyl groups is 1. The van der Waals surface area contributed by atoms with Gasteiger partial charge >= 0.3 is 0 Å². The Morgan fingerprint density at radius 1 is 1.33 bits per heavy atom. The van der Waals surface area contributed by atoms with Crippen LogP contribution in [0.4, 0.5) is 0 Å². The molecule has 0 radical (unpaired) electrons. The van der Waals surface area contributed by atoms with Crippen molar-refractivity contribution in [3.63, 3.8) is 0 Å². The van der Waals surface area contributed by atoms with E-state index in [2.05, 4.69) is 25.7 Å². The van der Waals surface area contributed by atoms with E-state index in [9.17, 15) is 4.79 Å². The summed E-state index contributed by atoms with van der Waals surface area (Å²) >= 11 is 0. The maximum Gasteiger partial charge on any atom is 0.254 e. The first-order valence-corrected chi connectivity index (χ1v) is 7.55. The van der Waals surface area contributed by atoms with E-state index >= 15 is 0 Å². The fourth-order valence-corrected chi connectivity index (χ4v) is 2.24. The average Bonchev–Trinajstić information content (AvgIpc) is 2.47. The number of aliphatic hydroxyl groups excluding tert-OH is 1. The molecular weight excluding hydrogens is 262 g/mol. The van der Waals surface area contributed by atoms with Gasteiger partial charge in [-0.3, -0.25) is 4.79 Å². The molecule has 0 spiro atoms. The quantitative estimate of drug-likeness (QED) is 0.846. The number of rotatable bonds is 5. The summed E-state index contributed by atoms with van der Waals surface area (Å²) in [5.74, 6) is 5.95. The lowest BCUT2D eigenvalue weighted by atomic mass is 10.0. The third-order valence-corrected chi connectivity index (χ3v) is 3.52. The largest absolute Gasteiger partial charge is 0.395 e. The molecular formula is C18H25NO2. The first-order chi connectivity index (χ1) is 10.0. The van der Waals surface area contributed by atoms with Crippen LogP contribution in [0.1, 0.15) is 55.1 Å². The zero-order valence-corrected chi connectivity index (χ0v) is 13.4. The van der Waals surface area contributed by atoms with Gasteiger partial charge in [-0.2, -0.15) is 0 Å². The van der Waals surface area contributed by atoms with Crippen LogP contribution in [-0.2, 0) is 0 Å². The lowest BCUT2D eigenvalue weighted by molar-refractivity contribution is 0.0700. The van der Waals surface area contributed by atoms with Crippen LogP contribution in [0.5, 0.6) is 0 Å². The smallest absolute Gasteiger partial charge is 0.254 e. The van der Waals surface area contributed by atoms with Crippen LogP contribution in [0, 0.1) is 18.8 Å². The Morgan fingerprint density at radius 2 is 2.05 bits per heavy atom. The van der Waals surface area contributed by atoms with Crippen molar-refractivity contribution in [1.29, 1.82) is 0 Å². The summed E-state index contributed by atoms with van der Waals surface area (Å²) in [5, 5.41) is 8.77. The normalized spacial score (nSPS) is 11.5. The van der Waals surface area contributed by atoms with Crippen molar-refractivity contribution in [2.24, 2.45) is 0 Å². The highest BCUT2D eigenvalue weighted by molar-refractivity contribution is 5.95. The monoisotopic (exact) mass is 287 g/mol. The fourth-order valence-electron chi connectivity index (χ4n) is 2.24. The Labute approximate surface area is 128 Å². The molecule has 0 aliphatic carbocycles. The zero-order valence-electron chi connectivity index (χ0n) is 13.4. The topological polar surface area (TPSA) is 40.5 Å². The third-order valence-electron chi connectivity index (χ3n) is 3.52. The highest BCUT2D eigenvalue weighted by atomic mass is 16.2. The Bertz CT molecular complexity index is 540. The van der Waals surface area contributed by atoms with E-state index in [4.69, 9.17) is 5.11 Å². The van der Waals surface area contributed by atoms with E-state index in [1.165, 1.54) is 0 Å². The molecule has 0 saturated carbocycles. The molecule has 0 fully saturated rings. The maximum atomic E-state index is 12.6. The van der Waals surface area contributed by atoms with Crippen LogP contribution >= 0.6 is 0 Å². The van der Waals surface area contributed by atoms with E-state index in [0.717, 1.165) is 17.5 Å². The van der Waals surface area contributed by atoms with Crippen LogP contribution in [0.2, 0.25) is 0 Å². The van der Waals surface area contributed by atoms with Gasteiger partial charge in [0, 0.05) is 30.1 Å². The van der Waals surface area contributed by atoms with Crippen LogP contribution in [0.3, 0.4) is 0 Å². The molecule has 114 valence electrons. The molecule has 0 aliphatic rings. The highest BCUT2D eigenvalue weighted by Gasteiger charge is 2.19. The number of carbonyl (C=O) groups is 1. The number of carbonyl (C=O) groups excluding carboxylic acids is 1. The molecule has 0 saturated heterocycles. The van der Waals surface area contributed by atoms with E-state index in [1.54, 1.807) is 0 Å². The molecule has 1 unspecified atom stereocenters. The first kappa shape index (κ1) is 17.3. The van der Waals surface area contributed by atoms with Gasteiger partial charge in [0.25, 0.3) is 5.91 Å². The van der Waals surface area contributed by atoms with Crippen molar-refractivity contribution < 1.29 is 9.90 Å². The second kappa shape index (κ2) is 8.49. The molecule has 3 nitrogen and oxygen atoms in total. The summed E-state index contributed by atoms with van der Waals surface area (Å²) < 4.78 is 0. The fraction of sp³-hybridized carbons (Fsp3) is 0.500. The lowest BCUT2D eigenvalue weighted by Gasteiger charge is -2.27. The van der Waals surface area contributed by atoms with E-state index < -0.39 is 0 Å². The van der Waals surface area contributed by atoms with Gasteiger partial charge in [0.05, 0.1) is 6.61 Å². The van der Waals surface area contributed by atoms with Crippen molar-refractivity contribution in [2.75, 3.05) is 13.2 Å². The number of nitrogens with zero attached hydrogens (tertiary/aromatic N) is 1. The van der Waals surface area contributed by atoms with Gasteiger partial charge in [-0.05, 0) is 51.0 Å². The van der Waals surface area contributed by atoms with E-state index in [0.29, 0.717) is 18.5 Å². The molecule has 0 bridgehead atoms. The molecule has 1 rings (SSSR count). The second-order valence-electron chi connectivity index (χ2n) is 5.21. The molecule has 1 aromatic rings. The Hall–Kier alpha value is -1.79. The number of benzene rings is 1. The summed E-state index contributed by atoms with van der Waals surface area (Å²) in [5.41, 5.74) is 2.53. The molecule has 1 atom stereocenters. The average molecular weight is 287 g/mol. The van der Waals surface area contributed by atoms with Gasteiger partial charge < -0.3 is 10.0 Å². The van der Waals surface area contributed by atoms with E-state index in [1.807, 2.05) is 36.9 Å². The number of amides is 1. The van der Waals surface area contributed by atoms with E-state index in [-0.39, 0.29) is 18.6 Å². The van der Waals surface area contributed by atoms with Crippen molar-refractivity contribution >= 4 is 5.91 Å². The maximum absolute atomic E-state index is 12.6. The number of hydrogen-bond acceptors (Lipinski definition) is 2.